The molecule has 0 bridgehead atoms. The minimum absolute atomic E-state index is 0.0653. The van der Waals surface area contributed by atoms with Crippen molar-refractivity contribution in [2.45, 2.75) is 36.1 Å². The van der Waals surface area contributed by atoms with Crippen LogP contribution in [0.5, 0.6) is 0 Å². The van der Waals surface area contributed by atoms with Gasteiger partial charge in [0, 0.05) is 11.8 Å². The Labute approximate surface area is 135 Å². The molecule has 0 radical (unpaired) electrons. The van der Waals surface area contributed by atoms with Crippen molar-refractivity contribution in [2.75, 3.05) is 11.2 Å². The topological polar surface area (TPSA) is 74.7 Å². The molecule has 0 heterocycles. The molecule has 0 atom stereocenters. The summed E-state index contributed by atoms with van der Waals surface area (Å²) in [5, 5.41) is 9.25. The molecule has 0 spiro atoms. The number of hydrogen-bond donors (Lipinski definition) is 1. The van der Waals surface area contributed by atoms with Crippen LogP contribution >= 0.6 is 10.2 Å². The number of carboxylic acid groups (broad SMARTS) is 1. The fourth-order valence-electron chi connectivity index (χ4n) is 1.98. The van der Waals surface area contributed by atoms with E-state index in [9.17, 15) is 37.7 Å². The largest absolute Gasteiger partial charge is 0.465 e. The van der Waals surface area contributed by atoms with Crippen LogP contribution in [0.25, 0.3) is 0 Å². The van der Waals surface area contributed by atoms with Crippen molar-refractivity contribution in [3.8, 4) is 0 Å². The second-order valence-corrected chi connectivity index (χ2v) is 10.6. The third-order valence-corrected chi connectivity index (χ3v) is 5.17. The molecule has 1 rings (SSSR count). The predicted octanol–water partition coefficient (Wildman–Crippen LogP) is 5.03. The Balaban J connectivity index is 3.95. The van der Waals surface area contributed by atoms with Crippen LogP contribution in [0.2, 0.25) is 0 Å². The summed E-state index contributed by atoms with van der Waals surface area (Å²) in [6.45, 7) is 3.83. The molecule has 140 valence electrons. The zero-order valence-corrected chi connectivity index (χ0v) is 14.7. The number of anilines is 1. The molecule has 12 heteroatoms. The number of sulfone groups is 1. The van der Waals surface area contributed by atoms with Gasteiger partial charge in [-0.05, 0) is 39.0 Å². The lowest BCUT2D eigenvalue weighted by molar-refractivity contribution is 0.195. The number of rotatable bonds is 3. The van der Waals surface area contributed by atoms with Crippen LogP contribution in [-0.2, 0) is 9.84 Å². The number of hydrogen-bond acceptors (Lipinski definition) is 3. The lowest BCUT2D eigenvalue weighted by atomic mass is 10.1. The van der Waals surface area contributed by atoms with E-state index >= 15 is 0 Å². The van der Waals surface area contributed by atoms with E-state index in [4.69, 9.17) is 0 Å². The average molecular weight is 397 g/mol. The third kappa shape index (κ3) is 4.50. The maximum Gasteiger partial charge on any atom is 0.412 e. The molecule has 0 saturated carbocycles. The van der Waals surface area contributed by atoms with Crippen LogP contribution in [0.3, 0.4) is 0 Å². The third-order valence-electron chi connectivity index (χ3n) is 2.88. The molecule has 0 saturated heterocycles. The smallest absolute Gasteiger partial charge is 0.412 e. The first-order valence-corrected chi connectivity index (χ1v) is 10.1. The van der Waals surface area contributed by atoms with E-state index < -0.39 is 47.2 Å². The Morgan fingerprint density at radius 3 is 1.88 bits per heavy atom. The Kier molecular flexibility index (Phi) is 4.05. The van der Waals surface area contributed by atoms with Gasteiger partial charge in [0.05, 0.1) is 10.6 Å². The second-order valence-electron chi connectivity index (χ2n) is 6.16. The predicted molar refractivity (Wildman–Crippen MR) is 81.2 cm³/mol. The van der Waals surface area contributed by atoms with Gasteiger partial charge in [-0.2, -0.15) is 0 Å². The number of halogens is 5. The van der Waals surface area contributed by atoms with Gasteiger partial charge >= 0.3 is 16.3 Å². The van der Waals surface area contributed by atoms with E-state index in [0.717, 1.165) is 0 Å². The molecule has 5 nitrogen and oxygen atoms in total. The van der Waals surface area contributed by atoms with Crippen molar-refractivity contribution < 1.29 is 37.7 Å². The quantitative estimate of drug-likeness (QED) is 0.726. The molecule has 0 aliphatic carbocycles. The number of benzene rings is 1. The van der Waals surface area contributed by atoms with Gasteiger partial charge in [-0.15, -0.1) is 0 Å². The summed E-state index contributed by atoms with van der Waals surface area (Å²) >= 11 is 0. The van der Waals surface area contributed by atoms with Crippen LogP contribution in [0, 0.1) is 0 Å². The minimum atomic E-state index is -10.1. The highest BCUT2D eigenvalue weighted by Crippen LogP contribution is 3.02. The van der Waals surface area contributed by atoms with Crippen molar-refractivity contribution in [1.82, 2.24) is 0 Å². The zero-order chi connectivity index (χ0) is 19.4. The van der Waals surface area contributed by atoms with Gasteiger partial charge in [-0.25, -0.2) is 13.2 Å². The highest BCUT2D eigenvalue weighted by Gasteiger charge is 2.65. The van der Waals surface area contributed by atoms with Crippen LogP contribution < -0.4 is 4.90 Å². The first-order valence-electron chi connectivity index (χ1n) is 6.26. The fourth-order valence-corrected chi connectivity index (χ4v) is 3.48. The Morgan fingerprint density at radius 2 is 1.58 bits per heavy atom. The molecule has 24 heavy (non-hydrogen) atoms. The summed E-state index contributed by atoms with van der Waals surface area (Å²) in [4.78, 5) is 8.55. The van der Waals surface area contributed by atoms with Gasteiger partial charge < -0.3 is 5.11 Å². The Morgan fingerprint density at radius 1 is 1.12 bits per heavy atom. The summed E-state index contributed by atoms with van der Waals surface area (Å²) in [6.07, 6.45) is -1.15. The Hall–Kier alpha value is -1.56. The molecule has 1 amide bonds. The summed E-state index contributed by atoms with van der Waals surface area (Å²) in [5.74, 6) is 0. The highest BCUT2D eigenvalue weighted by atomic mass is 32.5. The SMILES string of the molecule is CC(C)(C)N(C(=O)O)c1cc(S(F)(F)(F)(F)F)ccc1S(C)(=O)=O. The van der Waals surface area contributed by atoms with Crippen LogP contribution in [0.1, 0.15) is 20.8 Å². The van der Waals surface area contributed by atoms with E-state index in [1.54, 1.807) is 0 Å². The van der Waals surface area contributed by atoms with Crippen molar-refractivity contribution in [3.63, 3.8) is 0 Å². The molecular weight excluding hydrogens is 381 g/mol. The number of carbonyl (C=O) groups is 1. The van der Waals surface area contributed by atoms with E-state index in [1.165, 1.54) is 20.8 Å². The number of nitrogens with zero attached hydrogens (tertiary/aromatic N) is 1. The van der Waals surface area contributed by atoms with Crippen molar-refractivity contribution in [3.05, 3.63) is 18.2 Å². The monoisotopic (exact) mass is 397 g/mol. The molecule has 1 aromatic carbocycles. The summed E-state index contributed by atoms with van der Waals surface area (Å²) in [5.41, 5.74) is -2.37. The second kappa shape index (κ2) is 4.75. The van der Waals surface area contributed by atoms with Crippen LogP contribution in [0.15, 0.2) is 28.0 Å². The van der Waals surface area contributed by atoms with Crippen molar-refractivity contribution >= 4 is 31.8 Å². The number of amides is 1. The molecular formula is C12H16F5NO4S2. The maximum absolute atomic E-state index is 13.0. The summed E-state index contributed by atoms with van der Waals surface area (Å²) in [7, 11) is -14.3. The van der Waals surface area contributed by atoms with Gasteiger partial charge in [0.15, 0.2) is 9.84 Å². The molecule has 0 fully saturated rings. The van der Waals surface area contributed by atoms with Crippen molar-refractivity contribution in [1.29, 1.82) is 0 Å². The van der Waals surface area contributed by atoms with E-state index in [2.05, 4.69) is 0 Å². The first kappa shape index (κ1) is 20.5. The van der Waals surface area contributed by atoms with E-state index in [1.807, 2.05) is 0 Å². The van der Waals surface area contributed by atoms with Gasteiger partial charge in [-0.1, -0.05) is 19.4 Å². The maximum atomic E-state index is 13.0. The van der Waals surface area contributed by atoms with Gasteiger partial charge in [0.1, 0.15) is 4.90 Å². The average Bonchev–Trinajstić information content (AvgIpc) is 2.21. The molecule has 0 aliphatic heterocycles. The molecule has 1 N–H and O–H groups in total. The lowest BCUT2D eigenvalue weighted by Crippen LogP contribution is -2.45. The normalized spacial score (nSPS) is 16.2. The molecule has 0 aromatic heterocycles. The minimum Gasteiger partial charge on any atom is -0.465 e. The van der Waals surface area contributed by atoms with Gasteiger partial charge in [0.2, 0.25) is 0 Å². The molecule has 1 aromatic rings. The highest BCUT2D eigenvalue weighted by molar-refractivity contribution is 8.45. The molecule has 0 aliphatic rings. The lowest BCUT2D eigenvalue weighted by Gasteiger charge is -2.42. The van der Waals surface area contributed by atoms with E-state index in [-0.39, 0.29) is 12.1 Å². The van der Waals surface area contributed by atoms with Crippen molar-refractivity contribution in [2.24, 2.45) is 0 Å². The zero-order valence-electron chi connectivity index (χ0n) is 13.1. The van der Waals surface area contributed by atoms with E-state index in [0.29, 0.717) is 17.2 Å². The van der Waals surface area contributed by atoms with Crippen LogP contribution in [0.4, 0.5) is 29.9 Å². The standard InChI is InChI=1S/C12H16F5NO4S2/c1-12(2,3)18(11(19)20)9-7-8(24(13,14,15,16)17)5-6-10(9)23(4,21)22/h5-7H,1-4H3,(H,19,20). The Bertz CT molecular complexity index is 798. The first-order chi connectivity index (χ1) is 10.1. The van der Waals surface area contributed by atoms with Gasteiger partial charge in [0.25, 0.3) is 0 Å². The molecule has 0 unspecified atom stereocenters. The van der Waals surface area contributed by atoms with Crippen LogP contribution in [-0.4, -0.2) is 31.4 Å². The summed E-state index contributed by atoms with van der Waals surface area (Å²) in [6, 6.07) is 0.126. The fraction of sp³-hybridized carbons (Fsp3) is 0.417. The van der Waals surface area contributed by atoms with Gasteiger partial charge in [-0.3, -0.25) is 4.90 Å². The summed E-state index contributed by atoms with van der Waals surface area (Å²) < 4.78 is 88.5.